The zero-order valence-corrected chi connectivity index (χ0v) is 7.85. The third kappa shape index (κ3) is 1.86. The summed E-state index contributed by atoms with van der Waals surface area (Å²) in [6.45, 7) is 3.01. The molecule has 0 aliphatic carbocycles. The predicted octanol–water partition coefficient (Wildman–Crippen LogP) is 2.35. The molecular weight excluding hydrogens is 171 g/mol. The summed E-state index contributed by atoms with van der Waals surface area (Å²) in [5, 5.41) is 0. The van der Waals surface area contributed by atoms with Crippen molar-refractivity contribution in [3.05, 3.63) is 29.1 Å². The molecule has 0 aliphatic rings. The number of benzene rings is 1. The minimum atomic E-state index is -0.383. The van der Waals surface area contributed by atoms with E-state index in [0.717, 1.165) is 0 Å². The van der Waals surface area contributed by atoms with Gasteiger partial charge in [-0.1, -0.05) is 0 Å². The fraction of sp³-hybridized carbons (Fsp3) is 0.300. The summed E-state index contributed by atoms with van der Waals surface area (Å²) in [4.78, 5) is 11.0. The molecule has 0 aromatic heterocycles. The van der Waals surface area contributed by atoms with Crippen molar-refractivity contribution in [2.24, 2.45) is 0 Å². The lowest BCUT2D eigenvalue weighted by atomic mass is 10.1. The molecule has 0 amide bonds. The maximum absolute atomic E-state index is 13.0. The van der Waals surface area contributed by atoms with Crippen LogP contribution in [0.3, 0.4) is 0 Å². The molecule has 0 unspecified atom stereocenters. The first-order chi connectivity index (χ1) is 6.06. The number of halogens is 1. The number of aryl methyl sites for hydroxylation is 1. The number of carbonyl (C=O) groups is 1. The number of ether oxygens (including phenoxy) is 1. The molecule has 0 saturated carbocycles. The number of methoxy groups -OCH3 is 1. The van der Waals surface area contributed by atoms with Crippen LogP contribution >= 0.6 is 0 Å². The van der Waals surface area contributed by atoms with E-state index in [2.05, 4.69) is 0 Å². The third-order valence-corrected chi connectivity index (χ3v) is 1.86. The Morgan fingerprint density at radius 1 is 1.46 bits per heavy atom. The van der Waals surface area contributed by atoms with Crippen LogP contribution < -0.4 is 4.74 Å². The van der Waals surface area contributed by atoms with Gasteiger partial charge in [0, 0.05) is 0 Å². The Hall–Kier alpha value is -1.38. The number of carbonyl (C=O) groups excluding carboxylic acids is 1. The Labute approximate surface area is 76.3 Å². The van der Waals surface area contributed by atoms with Crippen LogP contribution in [-0.2, 0) is 0 Å². The molecule has 1 rings (SSSR count). The van der Waals surface area contributed by atoms with Gasteiger partial charge in [-0.05, 0) is 31.5 Å². The van der Waals surface area contributed by atoms with Crippen LogP contribution in [0.25, 0.3) is 0 Å². The van der Waals surface area contributed by atoms with E-state index < -0.39 is 0 Å². The van der Waals surface area contributed by atoms with E-state index in [1.165, 1.54) is 26.2 Å². The summed E-state index contributed by atoms with van der Waals surface area (Å²) in [6, 6.07) is 2.72. The largest absolute Gasteiger partial charge is 0.496 e. The number of ketones is 1. The predicted molar refractivity (Wildman–Crippen MR) is 47.7 cm³/mol. The van der Waals surface area contributed by atoms with Crippen LogP contribution in [0.2, 0.25) is 0 Å². The van der Waals surface area contributed by atoms with Gasteiger partial charge in [0.2, 0.25) is 0 Å². The van der Waals surface area contributed by atoms with Gasteiger partial charge in [0.25, 0.3) is 0 Å². The second-order valence-corrected chi connectivity index (χ2v) is 2.86. The molecule has 0 N–H and O–H groups in total. The normalized spacial score (nSPS) is 9.85. The van der Waals surface area contributed by atoms with Crippen molar-refractivity contribution in [3.63, 3.8) is 0 Å². The van der Waals surface area contributed by atoms with Crippen molar-refractivity contribution < 1.29 is 13.9 Å². The highest BCUT2D eigenvalue weighted by Gasteiger charge is 2.10. The minimum absolute atomic E-state index is 0.198. The van der Waals surface area contributed by atoms with Crippen LogP contribution in [0.5, 0.6) is 5.75 Å². The molecule has 3 heteroatoms. The van der Waals surface area contributed by atoms with Gasteiger partial charge in [-0.3, -0.25) is 4.79 Å². The molecular formula is C10H11FO2. The first-order valence-electron chi connectivity index (χ1n) is 3.91. The van der Waals surface area contributed by atoms with Crippen molar-refractivity contribution in [3.8, 4) is 5.75 Å². The van der Waals surface area contributed by atoms with Gasteiger partial charge in [0.15, 0.2) is 5.78 Å². The first kappa shape index (κ1) is 9.71. The lowest BCUT2D eigenvalue weighted by molar-refractivity contribution is 0.101. The van der Waals surface area contributed by atoms with Crippen molar-refractivity contribution in [2.75, 3.05) is 7.11 Å². The molecule has 0 atom stereocenters. The summed E-state index contributed by atoms with van der Waals surface area (Å²) in [6.07, 6.45) is 0. The molecule has 13 heavy (non-hydrogen) atoms. The highest BCUT2D eigenvalue weighted by atomic mass is 19.1. The van der Waals surface area contributed by atoms with Gasteiger partial charge in [0.05, 0.1) is 12.7 Å². The Morgan fingerprint density at radius 2 is 2.08 bits per heavy atom. The third-order valence-electron chi connectivity index (χ3n) is 1.86. The molecule has 0 saturated heterocycles. The Morgan fingerprint density at radius 3 is 2.54 bits per heavy atom. The van der Waals surface area contributed by atoms with Crippen LogP contribution in [0.4, 0.5) is 4.39 Å². The van der Waals surface area contributed by atoms with Gasteiger partial charge >= 0.3 is 0 Å². The smallest absolute Gasteiger partial charge is 0.163 e. The molecule has 1 aromatic rings. The van der Waals surface area contributed by atoms with E-state index in [9.17, 15) is 9.18 Å². The van der Waals surface area contributed by atoms with Gasteiger partial charge in [0.1, 0.15) is 11.6 Å². The van der Waals surface area contributed by atoms with Crippen molar-refractivity contribution in [1.29, 1.82) is 0 Å². The van der Waals surface area contributed by atoms with Gasteiger partial charge < -0.3 is 4.74 Å². The topological polar surface area (TPSA) is 26.3 Å². The monoisotopic (exact) mass is 182 g/mol. The van der Waals surface area contributed by atoms with E-state index in [1.54, 1.807) is 6.92 Å². The van der Waals surface area contributed by atoms with E-state index in [4.69, 9.17) is 4.74 Å². The van der Waals surface area contributed by atoms with Crippen LogP contribution in [0.1, 0.15) is 22.8 Å². The highest BCUT2D eigenvalue weighted by Crippen LogP contribution is 2.22. The van der Waals surface area contributed by atoms with Crippen LogP contribution in [-0.4, -0.2) is 12.9 Å². The molecule has 0 fully saturated rings. The number of hydrogen-bond donors (Lipinski definition) is 0. The Balaban J connectivity index is 3.33. The number of hydrogen-bond acceptors (Lipinski definition) is 2. The highest BCUT2D eigenvalue weighted by molar-refractivity contribution is 5.96. The molecule has 0 bridgehead atoms. The first-order valence-corrected chi connectivity index (χ1v) is 3.91. The molecule has 0 spiro atoms. The Bertz CT molecular complexity index is 345. The van der Waals surface area contributed by atoms with E-state index in [-0.39, 0.29) is 17.2 Å². The summed E-state index contributed by atoms with van der Waals surface area (Å²) in [5.74, 6) is -0.159. The summed E-state index contributed by atoms with van der Waals surface area (Å²) < 4.78 is 18.0. The maximum Gasteiger partial charge on any atom is 0.163 e. The maximum atomic E-state index is 13.0. The molecule has 1 aromatic carbocycles. The Kier molecular flexibility index (Phi) is 2.66. The average molecular weight is 182 g/mol. The van der Waals surface area contributed by atoms with Crippen molar-refractivity contribution in [2.45, 2.75) is 13.8 Å². The minimum Gasteiger partial charge on any atom is -0.496 e. The standard InChI is InChI=1S/C10H11FO2/c1-6-4-10(13-3)8(7(2)12)5-9(6)11/h4-5H,1-3H3. The number of rotatable bonds is 2. The van der Waals surface area contributed by atoms with Crippen molar-refractivity contribution in [1.82, 2.24) is 0 Å². The molecule has 0 radical (unpaired) electrons. The fourth-order valence-corrected chi connectivity index (χ4v) is 1.10. The zero-order chi connectivity index (χ0) is 10.0. The fourth-order valence-electron chi connectivity index (χ4n) is 1.10. The summed E-state index contributed by atoms with van der Waals surface area (Å²) in [7, 11) is 1.46. The van der Waals surface area contributed by atoms with Gasteiger partial charge in [-0.15, -0.1) is 0 Å². The summed E-state index contributed by atoms with van der Waals surface area (Å²) >= 11 is 0. The van der Waals surface area contributed by atoms with Gasteiger partial charge in [-0.25, -0.2) is 4.39 Å². The lowest BCUT2D eigenvalue weighted by Crippen LogP contribution is -1.99. The van der Waals surface area contributed by atoms with Gasteiger partial charge in [-0.2, -0.15) is 0 Å². The summed E-state index contributed by atoms with van der Waals surface area (Å²) in [5.41, 5.74) is 0.757. The SMILES string of the molecule is COc1cc(C)c(F)cc1C(C)=O. The van der Waals surface area contributed by atoms with E-state index in [0.29, 0.717) is 11.3 Å². The van der Waals surface area contributed by atoms with Crippen LogP contribution in [0, 0.1) is 12.7 Å². The second-order valence-electron chi connectivity index (χ2n) is 2.86. The molecule has 2 nitrogen and oxygen atoms in total. The average Bonchev–Trinajstić information content (AvgIpc) is 2.08. The van der Waals surface area contributed by atoms with Crippen LogP contribution in [0.15, 0.2) is 12.1 Å². The van der Waals surface area contributed by atoms with Crippen molar-refractivity contribution >= 4 is 5.78 Å². The van der Waals surface area contributed by atoms with E-state index in [1.807, 2.05) is 0 Å². The zero-order valence-electron chi connectivity index (χ0n) is 7.85. The lowest BCUT2D eigenvalue weighted by Gasteiger charge is -2.07. The second kappa shape index (κ2) is 3.56. The number of Topliss-reactive ketones (excluding diaryl/α,β-unsaturated/α-hetero) is 1. The van der Waals surface area contributed by atoms with E-state index >= 15 is 0 Å². The molecule has 0 aliphatic heterocycles. The quantitative estimate of drug-likeness (QED) is 0.656. The molecule has 70 valence electrons. The molecule has 0 heterocycles.